The summed E-state index contributed by atoms with van der Waals surface area (Å²) in [4.78, 5) is 5.01. The van der Waals surface area contributed by atoms with Gasteiger partial charge in [0.05, 0.1) is 0 Å². The van der Waals surface area contributed by atoms with Crippen molar-refractivity contribution in [1.29, 1.82) is 0 Å². The van der Waals surface area contributed by atoms with Gasteiger partial charge < -0.3 is 10.2 Å². The van der Waals surface area contributed by atoms with Gasteiger partial charge in [-0.25, -0.2) is 0 Å². The van der Waals surface area contributed by atoms with E-state index in [2.05, 4.69) is 67.2 Å². The third-order valence-corrected chi connectivity index (χ3v) is 4.54. The Bertz CT molecular complexity index is 406. The molecule has 1 N–H and O–H groups in total. The Morgan fingerprint density at radius 1 is 1.16 bits per heavy atom. The second-order valence-corrected chi connectivity index (χ2v) is 5.84. The fourth-order valence-corrected chi connectivity index (χ4v) is 2.90. The van der Waals surface area contributed by atoms with Crippen LogP contribution < -0.4 is 10.2 Å². The Morgan fingerprint density at radius 2 is 1.74 bits per heavy atom. The van der Waals surface area contributed by atoms with Gasteiger partial charge in [0.15, 0.2) is 0 Å². The van der Waals surface area contributed by atoms with Crippen LogP contribution in [0.4, 0.5) is 5.69 Å². The topological polar surface area (TPSA) is 18.5 Å². The maximum Gasteiger partial charge on any atom is 0.0415 e. The molecule has 1 heterocycles. The molecule has 0 saturated carbocycles. The van der Waals surface area contributed by atoms with Gasteiger partial charge in [-0.2, -0.15) is 0 Å². The van der Waals surface area contributed by atoms with Crippen LogP contribution in [0.2, 0.25) is 0 Å². The fraction of sp³-hybridized carbons (Fsp3) is 0.625. The summed E-state index contributed by atoms with van der Waals surface area (Å²) in [6.45, 7) is 9.06. The standard InChI is InChI=1S/C16H27N3/c1-12-10-19(11-13(2)18(12)5)16-9-7-6-8-15(16)14(3)17-4/h6-9,12-14,17H,10-11H2,1-5H3. The molecule has 0 spiro atoms. The second-order valence-electron chi connectivity index (χ2n) is 5.84. The van der Waals surface area contributed by atoms with Crippen molar-refractivity contribution in [3.63, 3.8) is 0 Å². The second kappa shape index (κ2) is 5.93. The van der Waals surface area contributed by atoms with Crippen molar-refractivity contribution in [2.75, 3.05) is 32.1 Å². The van der Waals surface area contributed by atoms with E-state index in [-0.39, 0.29) is 0 Å². The molecule has 3 unspecified atom stereocenters. The molecule has 3 atom stereocenters. The van der Waals surface area contributed by atoms with Gasteiger partial charge in [-0.3, -0.25) is 4.90 Å². The van der Waals surface area contributed by atoms with E-state index in [4.69, 9.17) is 0 Å². The van der Waals surface area contributed by atoms with Crippen LogP contribution >= 0.6 is 0 Å². The summed E-state index contributed by atoms with van der Waals surface area (Å²) in [6, 6.07) is 10.4. The van der Waals surface area contributed by atoms with Gasteiger partial charge in [-0.15, -0.1) is 0 Å². The van der Waals surface area contributed by atoms with Crippen LogP contribution in [0.25, 0.3) is 0 Å². The SMILES string of the molecule is CNC(C)c1ccccc1N1CC(C)N(C)C(C)C1. The highest BCUT2D eigenvalue weighted by Gasteiger charge is 2.27. The number of hydrogen-bond acceptors (Lipinski definition) is 3. The molecule has 1 aromatic carbocycles. The molecule has 106 valence electrons. The van der Waals surface area contributed by atoms with Crippen LogP contribution in [0.15, 0.2) is 24.3 Å². The van der Waals surface area contributed by atoms with E-state index in [0.717, 1.165) is 13.1 Å². The van der Waals surface area contributed by atoms with E-state index < -0.39 is 0 Å². The van der Waals surface area contributed by atoms with E-state index in [1.807, 2.05) is 7.05 Å². The smallest absolute Gasteiger partial charge is 0.0415 e. The Hall–Kier alpha value is -1.06. The van der Waals surface area contributed by atoms with Crippen LogP contribution in [0, 0.1) is 0 Å². The Labute approximate surface area is 117 Å². The third kappa shape index (κ3) is 2.93. The molecule has 0 aromatic heterocycles. The monoisotopic (exact) mass is 261 g/mol. The van der Waals surface area contributed by atoms with E-state index in [1.165, 1.54) is 11.3 Å². The van der Waals surface area contributed by atoms with E-state index >= 15 is 0 Å². The quantitative estimate of drug-likeness (QED) is 0.902. The predicted octanol–water partition coefficient (Wildman–Crippen LogP) is 2.50. The average Bonchev–Trinajstić information content (AvgIpc) is 2.43. The van der Waals surface area contributed by atoms with Crippen LogP contribution in [0.3, 0.4) is 0 Å². The van der Waals surface area contributed by atoms with Crippen molar-refractivity contribution in [1.82, 2.24) is 10.2 Å². The maximum absolute atomic E-state index is 3.35. The number of anilines is 1. The van der Waals surface area contributed by atoms with E-state index in [0.29, 0.717) is 18.1 Å². The van der Waals surface area contributed by atoms with Gasteiger partial charge in [-0.05, 0) is 46.5 Å². The van der Waals surface area contributed by atoms with Gasteiger partial charge >= 0.3 is 0 Å². The highest BCUT2D eigenvalue weighted by molar-refractivity contribution is 5.55. The summed E-state index contributed by atoms with van der Waals surface area (Å²) in [5.41, 5.74) is 2.78. The Kier molecular flexibility index (Phi) is 4.48. The third-order valence-electron chi connectivity index (χ3n) is 4.54. The zero-order valence-electron chi connectivity index (χ0n) is 12.9. The zero-order valence-corrected chi connectivity index (χ0v) is 12.9. The molecule has 1 saturated heterocycles. The van der Waals surface area contributed by atoms with Crippen molar-refractivity contribution in [2.24, 2.45) is 0 Å². The first kappa shape index (κ1) is 14.4. The van der Waals surface area contributed by atoms with Crippen molar-refractivity contribution >= 4 is 5.69 Å². The predicted molar refractivity (Wildman–Crippen MR) is 82.8 cm³/mol. The fourth-order valence-electron chi connectivity index (χ4n) is 2.90. The Morgan fingerprint density at radius 3 is 2.32 bits per heavy atom. The number of nitrogens with one attached hydrogen (secondary N) is 1. The number of nitrogens with zero attached hydrogens (tertiary/aromatic N) is 2. The van der Waals surface area contributed by atoms with Crippen molar-refractivity contribution in [3.8, 4) is 0 Å². The highest BCUT2D eigenvalue weighted by Crippen LogP contribution is 2.28. The maximum atomic E-state index is 3.35. The largest absolute Gasteiger partial charge is 0.368 e. The molecule has 1 aromatic rings. The summed E-state index contributed by atoms with van der Waals surface area (Å²) in [7, 11) is 4.26. The zero-order chi connectivity index (χ0) is 14.0. The average molecular weight is 261 g/mol. The molecule has 19 heavy (non-hydrogen) atoms. The van der Waals surface area contributed by atoms with Crippen LogP contribution in [0.1, 0.15) is 32.4 Å². The number of piperazine rings is 1. The molecule has 2 rings (SSSR count). The lowest BCUT2D eigenvalue weighted by atomic mass is 10.0. The summed E-state index contributed by atoms with van der Waals surface area (Å²) in [5, 5.41) is 3.35. The first-order chi connectivity index (χ1) is 9.04. The summed E-state index contributed by atoms with van der Waals surface area (Å²) < 4.78 is 0. The first-order valence-electron chi connectivity index (χ1n) is 7.27. The minimum atomic E-state index is 0.390. The van der Waals surface area contributed by atoms with Crippen molar-refractivity contribution in [3.05, 3.63) is 29.8 Å². The number of likely N-dealkylation sites (N-methyl/N-ethyl adjacent to an activating group) is 1. The van der Waals surface area contributed by atoms with Gasteiger partial charge in [0, 0.05) is 36.9 Å². The lowest BCUT2D eigenvalue weighted by molar-refractivity contribution is 0.170. The number of benzene rings is 1. The molecular formula is C16H27N3. The molecule has 0 radical (unpaired) electrons. The minimum absolute atomic E-state index is 0.390. The van der Waals surface area contributed by atoms with Gasteiger partial charge in [0.25, 0.3) is 0 Å². The lowest BCUT2D eigenvalue weighted by Gasteiger charge is -2.44. The van der Waals surface area contributed by atoms with Crippen LogP contribution in [0.5, 0.6) is 0 Å². The number of hydrogen-bond donors (Lipinski definition) is 1. The number of para-hydroxylation sites is 1. The van der Waals surface area contributed by atoms with E-state index in [9.17, 15) is 0 Å². The van der Waals surface area contributed by atoms with Crippen LogP contribution in [-0.4, -0.2) is 44.2 Å². The normalized spacial score (nSPS) is 26.5. The lowest BCUT2D eigenvalue weighted by Crippen LogP contribution is -2.55. The summed E-state index contributed by atoms with van der Waals surface area (Å²) in [5.74, 6) is 0. The molecule has 0 amide bonds. The van der Waals surface area contributed by atoms with E-state index in [1.54, 1.807) is 0 Å². The molecule has 3 nitrogen and oxygen atoms in total. The van der Waals surface area contributed by atoms with Crippen LogP contribution in [-0.2, 0) is 0 Å². The molecule has 1 aliphatic rings. The number of rotatable bonds is 3. The van der Waals surface area contributed by atoms with Gasteiger partial charge in [0.1, 0.15) is 0 Å². The van der Waals surface area contributed by atoms with Gasteiger partial charge in [0.2, 0.25) is 0 Å². The molecule has 3 heteroatoms. The highest BCUT2D eigenvalue weighted by atomic mass is 15.3. The molecule has 1 aliphatic heterocycles. The molecular weight excluding hydrogens is 234 g/mol. The summed E-state index contributed by atoms with van der Waals surface area (Å²) in [6.07, 6.45) is 0. The molecule has 1 fully saturated rings. The summed E-state index contributed by atoms with van der Waals surface area (Å²) >= 11 is 0. The molecule has 0 aliphatic carbocycles. The van der Waals surface area contributed by atoms with Crippen molar-refractivity contribution < 1.29 is 0 Å². The van der Waals surface area contributed by atoms with Gasteiger partial charge in [-0.1, -0.05) is 18.2 Å². The van der Waals surface area contributed by atoms with Crippen molar-refractivity contribution in [2.45, 2.75) is 38.9 Å². The first-order valence-corrected chi connectivity index (χ1v) is 7.27. The minimum Gasteiger partial charge on any atom is -0.368 e. The Balaban J connectivity index is 2.27. The molecule has 0 bridgehead atoms.